The summed E-state index contributed by atoms with van der Waals surface area (Å²) in [6, 6.07) is 15.5. The number of amides is 1. The lowest BCUT2D eigenvalue weighted by Gasteiger charge is -2.30. The molecule has 1 amide bonds. The lowest BCUT2D eigenvalue weighted by atomic mass is 10.00. The van der Waals surface area contributed by atoms with Gasteiger partial charge in [0.15, 0.2) is 0 Å². The second-order valence-corrected chi connectivity index (χ2v) is 8.15. The first kappa shape index (κ1) is 18.1. The summed E-state index contributed by atoms with van der Waals surface area (Å²) < 4.78 is 5.70. The minimum absolute atomic E-state index is 0.0840. The Hall–Kier alpha value is -2.31. The van der Waals surface area contributed by atoms with Gasteiger partial charge in [-0.2, -0.15) is 0 Å². The van der Waals surface area contributed by atoms with Gasteiger partial charge in [-0.1, -0.05) is 47.6 Å². The molecule has 0 spiro atoms. The summed E-state index contributed by atoms with van der Waals surface area (Å²) in [5.74, 6) is 0.501. The largest absolute Gasteiger partial charge is 0.411 e. The number of carbonyl (C=O) groups is 1. The van der Waals surface area contributed by atoms with Crippen LogP contribution in [-0.2, 0) is 17.8 Å². The molecule has 1 aliphatic heterocycles. The van der Waals surface area contributed by atoms with Gasteiger partial charge in [0.25, 0.3) is 5.22 Å². The van der Waals surface area contributed by atoms with Gasteiger partial charge in [0, 0.05) is 23.7 Å². The van der Waals surface area contributed by atoms with Crippen molar-refractivity contribution in [3.8, 4) is 11.5 Å². The second-order valence-electron chi connectivity index (χ2n) is 6.42. The first-order valence-corrected chi connectivity index (χ1v) is 9.97. The van der Waals surface area contributed by atoms with E-state index in [0.717, 1.165) is 18.5 Å². The fourth-order valence-electron chi connectivity index (χ4n) is 3.11. The molecular formula is C20H18ClN3O2S. The van der Waals surface area contributed by atoms with Crippen molar-refractivity contribution in [2.24, 2.45) is 0 Å². The van der Waals surface area contributed by atoms with Crippen LogP contribution in [0, 0.1) is 0 Å². The van der Waals surface area contributed by atoms with Crippen LogP contribution in [0.3, 0.4) is 0 Å². The normalized spacial score (nSPS) is 14.7. The van der Waals surface area contributed by atoms with Crippen LogP contribution in [0.5, 0.6) is 0 Å². The van der Waals surface area contributed by atoms with Crippen LogP contribution in [0.1, 0.15) is 18.1 Å². The predicted molar refractivity (Wildman–Crippen MR) is 106 cm³/mol. The molecule has 27 heavy (non-hydrogen) atoms. The van der Waals surface area contributed by atoms with Crippen LogP contribution in [0.4, 0.5) is 0 Å². The molecule has 0 saturated carbocycles. The van der Waals surface area contributed by atoms with Crippen molar-refractivity contribution < 1.29 is 9.21 Å². The maximum Gasteiger partial charge on any atom is 0.277 e. The van der Waals surface area contributed by atoms with E-state index in [9.17, 15) is 4.79 Å². The van der Waals surface area contributed by atoms with Crippen molar-refractivity contribution in [1.82, 2.24) is 15.1 Å². The van der Waals surface area contributed by atoms with E-state index in [1.807, 2.05) is 36.1 Å². The molecule has 0 saturated heterocycles. The Bertz CT molecular complexity index is 958. The van der Waals surface area contributed by atoms with Crippen LogP contribution in [-0.4, -0.2) is 32.8 Å². The van der Waals surface area contributed by atoms with Gasteiger partial charge >= 0.3 is 0 Å². The number of fused-ring (bicyclic) bond motifs is 1. The Morgan fingerprint density at radius 1 is 1.15 bits per heavy atom. The summed E-state index contributed by atoms with van der Waals surface area (Å²) in [4.78, 5) is 14.7. The lowest BCUT2D eigenvalue weighted by Crippen LogP contribution is -2.40. The number of nitrogens with zero attached hydrogens (tertiary/aromatic N) is 3. The molecule has 0 fully saturated rings. The zero-order valence-corrected chi connectivity index (χ0v) is 16.3. The molecule has 138 valence electrons. The number of benzene rings is 2. The molecule has 1 atom stereocenters. The molecule has 0 aliphatic carbocycles. The Kier molecular flexibility index (Phi) is 5.18. The fourth-order valence-corrected chi connectivity index (χ4v) is 4.00. The van der Waals surface area contributed by atoms with Gasteiger partial charge in [0.2, 0.25) is 11.8 Å². The molecule has 1 aliphatic rings. The Morgan fingerprint density at radius 3 is 2.67 bits per heavy atom. The molecule has 4 rings (SSSR count). The van der Waals surface area contributed by atoms with Gasteiger partial charge in [0.05, 0.1) is 5.25 Å². The first-order valence-electron chi connectivity index (χ1n) is 8.72. The standard InChI is InChI=1S/C20H18ClN3O2S/c1-13(19(25)24-11-10-14-4-2-3-5-16(14)12-24)27-20-23-22-18(26-20)15-6-8-17(21)9-7-15/h2-9,13H,10-12H2,1H3. The van der Waals surface area contributed by atoms with Crippen molar-refractivity contribution in [3.63, 3.8) is 0 Å². The van der Waals surface area contributed by atoms with Crippen molar-refractivity contribution in [2.45, 2.75) is 30.4 Å². The van der Waals surface area contributed by atoms with Crippen molar-refractivity contribution >= 4 is 29.3 Å². The van der Waals surface area contributed by atoms with Crippen LogP contribution in [0.25, 0.3) is 11.5 Å². The highest BCUT2D eigenvalue weighted by molar-refractivity contribution is 8.00. The average Bonchev–Trinajstić information content (AvgIpc) is 3.16. The third kappa shape index (κ3) is 4.01. The van der Waals surface area contributed by atoms with Gasteiger partial charge in [-0.05, 0) is 48.7 Å². The quantitative estimate of drug-likeness (QED) is 0.606. The predicted octanol–water partition coefficient (Wildman–Crippen LogP) is 4.46. The Balaban J connectivity index is 1.41. The monoisotopic (exact) mass is 399 g/mol. The van der Waals surface area contributed by atoms with E-state index in [4.69, 9.17) is 16.0 Å². The third-order valence-electron chi connectivity index (χ3n) is 4.57. The summed E-state index contributed by atoms with van der Waals surface area (Å²) in [6.07, 6.45) is 0.889. The number of carbonyl (C=O) groups excluding carboxylic acids is 1. The highest BCUT2D eigenvalue weighted by Crippen LogP contribution is 2.29. The van der Waals surface area contributed by atoms with E-state index in [0.29, 0.717) is 22.7 Å². The highest BCUT2D eigenvalue weighted by Gasteiger charge is 2.26. The van der Waals surface area contributed by atoms with Crippen LogP contribution >= 0.6 is 23.4 Å². The number of aromatic nitrogens is 2. The topological polar surface area (TPSA) is 59.2 Å². The average molecular weight is 400 g/mol. The molecule has 7 heteroatoms. The molecule has 0 bridgehead atoms. The molecule has 2 aromatic carbocycles. The molecule has 2 heterocycles. The van der Waals surface area contributed by atoms with E-state index in [-0.39, 0.29) is 11.2 Å². The lowest BCUT2D eigenvalue weighted by molar-refractivity contribution is -0.131. The molecular weight excluding hydrogens is 382 g/mol. The number of hydrogen-bond donors (Lipinski definition) is 0. The van der Waals surface area contributed by atoms with Gasteiger partial charge in [0.1, 0.15) is 0 Å². The van der Waals surface area contributed by atoms with Crippen molar-refractivity contribution in [3.05, 3.63) is 64.7 Å². The van der Waals surface area contributed by atoms with Crippen LogP contribution in [0.2, 0.25) is 5.02 Å². The number of halogens is 1. The van der Waals surface area contributed by atoms with E-state index < -0.39 is 0 Å². The first-order chi connectivity index (χ1) is 13.1. The third-order valence-corrected chi connectivity index (χ3v) is 5.74. The Morgan fingerprint density at radius 2 is 1.89 bits per heavy atom. The summed E-state index contributed by atoms with van der Waals surface area (Å²) in [6.45, 7) is 3.26. The molecule has 3 aromatic rings. The van der Waals surface area contributed by atoms with E-state index in [1.54, 1.807) is 12.1 Å². The molecule has 0 radical (unpaired) electrons. The minimum atomic E-state index is -0.297. The van der Waals surface area contributed by atoms with Crippen LogP contribution < -0.4 is 0 Å². The maximum atomic E-state index is 12.8. The highest BCUT2D eigenvalue weighted by atomic mass is 35.5. The number of thioether (sulfide) groups is 1. The van der Waals surface area contributed by atoms with Gasteiger partial charge in [-0.25, -0.2) is 0 Å². The van der Waals surface area contributed by atoms with Gasteiger partial charge in [-0.3, -0.25) is 4.79 Å². The maximum absolute atomic E-state index is 12.8. The number of rotatable bonds is 4. The van der Waals surface area contributed by atoms with E-state index in [1.165, 1.54) is 22.9 Å². The molecule has 5 nitrogen and oxygen atoms in total. The molecule has 0 N–H and O–H groups in total. The zero-order chi connectivity index (χ0) is 18.8. The van der Waals surface area contributed by atoms with Crippen LogP contribution in [0.15, 0.2) is 58.2 Å². The van der Waals surface area contributed by atoms with Crippen molar-refractivity contribution in [2.75, 3.05) is 6.54 Å². The summed E-state index contributed by atoms with van der Waals surface area (Å²) in [5.41, 5.74) is 3.34. The molecule has 1 aromatic heterocycles. The summed E-state index contributed by atoms with van der Waals surface area (Å²) in [5, 5.41) is 8.86. The smallest absolute Gasteiger partial charge is 0.277 e. The van der Waals surface area contributed by atoms with Gasteiger partial charge < -0.3 is 9.32 Å². The summed E-state index contributed by atoms with van der Waals surface area (Å²) >= 11 is 7.19. The minimum Gasteiger partial charge on any atom is -0.411 e. The zero-order valence-electron chi connectivity index (χ0n) is 14.8. The summed E-state index contributed by atoms with van der Waals surface area (Å²) in [7, 11) is 0. The van der Waals surface area contributed by atoms with E-state index >= 15 is 0 Å². The van der Waals surface area contributed by atoms with Crippen molar-refractivity contribution in [1.29, 1.82) is 0 Å². The second kappa shape index (κ2) is 7.74. The molecule has 1 unspecified atom stereocenters. The SMILES string of the molecule is CC(Sc1nnc(-c2ccc(Cl)cc2)o1)C(=O)N1CCc2ccccc2C1. The number of hydrogen-bond acceptors (Lipinski definition) is 5. The van der Waals surface area contributed by atoms with E-state index in [2.05, 4.69) is 22.3 Å². The fraction of sp³-hybridized carbons (Fsp3) is 0.250. The van der Waals surface area contributed by atoms with Gasteiger partial charge in [-0.15, -0.1) is 10.2 Å². The Labute approximate surface area is 166 Å².